The van der Waals surface area contributed by atoms with E-state index in [1.807, 2.05) is 6.92 Å². The lowest BCUT2D eigenvalue weighted by atomic mass is 10.1. The van der Waals surface area contributed by atoms with E-state index in [1.165, 1.54) is 0 Å². The van der Waals surface area contributed by atoms with Crippen LogP contribution in [0.25, 0.3) is 0 Å². The summed E-state index contributed by atoms with van der Waals surface area (Å²) in [5.74, 6) is -0.231. The van der Waals surface area contributed by atoms with Crippen molar-refractivity contribution in [1.29, 1.82) is 0 Å². The fourth-order valence-electron chi connectivity index (χ4n) is 1.67. The van der Waals surface area contributed by atoms with Gasteiger partial charge in [-0.3, -0.25) is 4.79 Å². The summed E-state index contributed by atoms with van der Waals surface area (Å²) in [5.41, 5.74) is 6.59. The highest BCUT2D eigenvalue weighted by Crippen LogP contribution is 2.34. The highest BCUT2D eigenvalue weighted by atomic mass is 16.3. The minimum atomic E-state index is -0.250. The number of benzene rings is 1. The lowest BCUT2D eigenvalue weighted by Gasteiger charge is -2.15. The second-order valence-corrected chi connectivity index (χ2v) is 4.46. The Bertz CT molecular complexity index is 425. The van der Waals surface area contributed by atoms with E-state index in [1.54, 1.807) is 18.2 Å². The maximum absolute atomic E-state index is 11.9. The Morgan fingerprint density at radius 1 is 1.56 bits per heavy atom. The van der Waals surface area contributed by atoms with Gasteiger partial charge in [0.25, 0.3) is 5.91 Å². The molecule has 4 nitrogen and oxygen atoms in total. The highest BCUT2D eigenvalue weighted by Gasteiger charge is 2.42. The zero-order chi connectivity index (χ0) is 11.8. The van der Waals surface area contributed by atoms with Crippen LogP contribution in [0.5, 0.6) is 5.75 Å². The summed E-state index contributed by atoms with van der Waals surface area (Å²) in [6.07, 6.45) is 1.84. The minimum Gasteiger partial charge on any atom is -0.507 e. The van der Waals surface area contributed by atoms with Gasteiger partial charge in [0.1, 0.15) is 5.75 Å². The van der Waals surface area contributed by atoms with E-state index in [2.05, 4.69) is 5.32 Å². The number of phenols is 1. The van der Waals surface area contributed by atoms with Crippen molar-refractivity contribution < 1.29 is 9.90 Å². The van der Waals surface area contributed by atoms with E-state index in [-0.39, 0.29) is 17.2 Å². The van der Waals surface area contributed by atoms with E-state index < -0.39 is 0 Å². The molecule has 1 amide bonds. The van der Waals surface area contributed by atoms with Crippen LogP contribution >= 0.6 is 0 Å². The van der Waals surface area contributed by atoms with Crippen LogP contribution < -0.4 is 11.1 Å². The summed E-state index contributed by atoms with van der Waals surface area (Å²) < 4.78 is 0. The van der Waals surface area contributed by atoms with E-state index in [0.717, 1.165) is 18.4 Å². The zero-order valence-electron chi connectivity index (χ0n) is 9.29. The van der Waals surface area contributed by atoms with Crippen LogP contribution in [0.2, 0.25) is 0 Å². The van der Waals surface area contributed by atoms with E-state index in [9.17, 15) is 9.90 Å². The summed E-state index contributed by atoms with van der Waals surface area (Å²) in [7, 11) is 0. The number of nitrogens with two attached hydrogens (primary N) is 1. The molecule has 0 aliphatic heterocycles. The smallest absolute Gasteiger partial charge is 0.255 e. The van der Waals surface area contributed by atoms with Crippen molar-refractivity contribution in [3.63, 3.8) is 0 Å². The molecular formula is C12H16N2O2. The van der Waals surface area contributed by atoms with Gasteiger partial charge in [-0.15, -0.1) is 0 Å². The first-order chi connectivity index (χ1) is 7.56. The number of carbonyl (C=O) groups excluding carboxylic acids is 1. The average molecular weight is 220 g/mol. The molecule has 0 unspecified atom stereocenters. The Morgan fingerprint density at radius 2 is 2.25 bits per heavy atom. The molecule has 2 rings (SSSR count). The van der Waals surface area contributed by atoms with Gasteiger partial charge in [0.15, 0.2) is 0 Å². The van der Waals surface area contributed by atoms with Crippen LogP contribution in [0.15, 0.2) is 18.2 Å². The van der Waals surface area contributed by atoms with Crippen LogP contribution in [0.3, 0.4) is 0 Å². The van der Waals surface area contributed by atoms with Gasteiger partial charge < -0.3 is 16.2 Å². The number of aryl methyl sites for hydroxylation is 1. The predicted octanol–water partition coefficient (Wildman–Crippen LogP) is 0.922. The topological polar surface area (TPSA) is 75.4 Å². The molecule has 0 heterocycles. The van der Waals surface area contributed by atoms with Crippen molar-refractivity contribution in [3.05, 3.63) is 29.3 Å². The molecule has 0 spiro atoms. The summed E-state index contributed by atoms with van der Waals surface area (Å²) in [5, 5.41) is 12.5. The first-order valence-corrected chi connectivity index (χ1v) is 5.38. The van der Waals surface area contributed by atoms with Gasteiger partial charge in [0, 0.05) is 6.54 Å². The number of hydrogen-bond acceptors (Lipinski definition) is 3. The number of rotatable bonds is 3. The van der Waals surface area contributed by atoms with Gasteiger partial charge in [-0.25, -0.2) is 0 Å². The SMILES string of the molecule is Cc1ccc(C(=O)NC2(CN)CC2)c(O)c1. The third-order valence-electron chi connectivity index (χ3n) is 3.02. The molecule has 4 N–H and O–H groups in total. The van der Waals surface area contributed by atoms with Crippen molar-refractivity contribution in [2.75, 3.05) is 6.54 Å². The molecule has 1 saturated carbocycles. The van der Waals surface area contributed by atoms with Gasteiger partial charge >= 0.3 is 0 Å². The fourth-order valence-corrected chi connectivity index (χ4v) is 1.67. The number of aromatic hydroxyl groups is 1. The van der Waals surface area contributed by atoms with Gasteiger partial charge in [0.2, 0.25) is 0 Å². The molecule has 86 valence electrons. The molecular weight excluding hydrogens is 204 g/mol. The van der Waals surface area contributed by atoms with Crippen LogP contribution in [-0.2, 0) is 0 Å². The summed E-state index contributed by atoms with van der Waals surface area (Å²) in [6.45, 7) is 2.31. The molecule has 1 aliphatic carbocycles. The Kier molecular flexibility index (Phi) is 2.59. The van der Waals surface area contributed by atoms with Crippen LogP contribution in [0, 0.1) is 6.92 Å². The Morgan fingerprint density at radius 3 is 2.75 bits per heavy atom. The third kappa shape index (κ3) is 2.02. The number of carbonyl (C=O) groups is 1. The normalized spacial score (nSPS) is 16.9. The summed E-state index contributed by atoms with van der Waals surface area (Å²) in [4.78, 5) is 11.9. The maximum atomic E-state index is 11.9. The maximum Gasteiger partial charge on any atom is 0.255 e. The molecule has 0 atom stereocenters. The first kappa shape index (κ1) is 11.0. The van der Waals surface area contributed by atoms with Crippen molar-refractivity contribution in [1.82, 2.24) is 5.32 Å². The Hall–Kier alpha value is -1.55. The predicted molar refractivity (Wildman–Crippen MR) is 61.3 cm³/mol. The van der Waals surface area contributed by atoms with Gasteiger partial charge in [0.05, 0.1) is 11.1 Å². The molecule has 1 aromatic rings. The third-order valence-corrected chi connectivity index (χ3v) is 3.02. The van der Waals surface area contributed by atoms with Crippen LogP contribution in [-0.4, -0.2) is 23.1 Å². The zero-order valence-corrected chi connectivity index (χ0v) is 9.29. The lowest BCUT2D eigenvalue weighted by molar-refractivity contribution is 0.0930. The largest absolute Gasteiger partial charge is 0.507 e. The van der Waals surface area contributed by atoms with Crippen molar-refractivity contribution in [2.24, 2.45) is 5.73 Å². The second-order valence-electron chi connectivity index (χ2n) is 4.46. The van der Waals surface area contributed by atoms with Gasteiger partial charge in [-0.1, -0.05) is 6.07 Å². The molecule has 0 radical (unpaired) electrons. The molecule has 0 aromatic heterocycles. The molecule has 0 bridgehead atoms. The minimum absolute atomic E-state index is 0.0188. The molecule has 4 heteroatoms. The average Bonchev–Trinajstić information content (AvgIpc) is 2.98. The number of amides is 1. The van der Waals surface area contributed by atoms with Crippen molar-refractivity contribution in [2.45, 2.75) is 25.3 Å². The summed E-state index contributed by atoms with van der Waals surface area (Å²) in [6, 6.07) is 5.01. The van der Waals surface area contributed by atoms with Crippen molar-refractivity contribution in [3.8, 4) is 5.75 Å². The first-order valence-electron chi connectivity index (χ1n) is 5.38. The number of nitrogens with one attached hydrogen (secondary N) is 1. The molecule has 1 aliphatic rings. The van der Waals surface area contributed by atoms with E-state index in [4.69, 9.17) is 5.73 Å². The highest BCUT2D eigenvalue weighted by molar-refractivity contribution is 5.97. The molecule has 1 aromatic carbocycles. The summed E-state index contributed by atoms with van der Waals surface area (Å²) >= 11 is 0. The van der Waals surface area contributed by atoms with Gasteiger partial charge in [-0.05, 0) is 37.5 Å². The second kappa shape index (κ2) is 3.79. The molecule has 0 saturated heterocycles. The number of hydrogen-bond donors (Lipinski definition) is 3. The Labute approximate surface area is 94.5 Å². The standard InChI is InChI=1S/C12H16N2O2/c1-8-2-3-9(10(15)6-8)11(16)14-12(7-13)4-5-12/h2-3,6,15H,4-5,7,13H2,1H3,(H,14,16). The van der Waals surface area contributed by atoms with Crippen LogP contribution in [0.4, 0.5) is 0 Å². The Balaban J connectivity index is 2.15. The number of phenolic OH excluding ortho intramolecular Hbond substituents is 1. The van der Waals surface area contributed by atoms with E-state index in [0.29, 0.717) is 12.1 Å². The van der Waals surface area contributed by atoms with Crippen molar-refractivity contribution >= 4 is 5.91 Å². The quantitative estimate of drug-likeness (QED) is 0.709. The fraction of sp³-hybridized carbons (Fsp3) is 0.417. The van der Waals surface area contributed by atoms with E-state index >= 15 is 0 Å². The molecule has 1 fully saturated rings. The monoisotopic (exact) mass is 220 g/mol. The lowest BCUT2D eigenvalue weighted by Crippen LogP contribution is -2.42. The van der Waals surface area contributed by atoms with Gasteiger partial charge in [-0.2, -0.15) is 0 Å². The molecule has 16 heavy (non-hydrogen) atoms. The van der Waals surface area contributed by atoms with Crippen LogP contribution in [0.1, 0.15) is 28.8 Å².